The van der Waals surface area contributed by atoms with Gasteiger partial charge in [0.2, 0.25) is 5.91 Å². The molecule has 3 rings (SSSR count). The van der Waals surface area contributed by atoms with Crippen molar-refractivity contribution < 1.29 is 19.1 Å². The third-order valence-electron chi connectivity index (χ3n) is 4.94. The van der Waals surface area contributed by atoms with Crippen LogP contribution in [0.1, 0.15) is 56.8 Å². The number of thiazole rings is 1. The first kappa shape index (κ1) is 22.0. The smallest absolute Gasteiger partial charge is 0.312 e. The molecule has 2 aromatic rings. The molecule has 8 heteroatoms. The molecule has 0 saturated carbocycles. The SMILES string of the molecule is CCCC(NC(=O)C(C)OC(=O)Cc1csc(N2CCCC2=O)n1)c1ccccc1. The first-order valence-electron chi connectivity index (χ1n) is 10.3. The first-order valence-corrected chi connectivity index (χ1v) is 11.2. The summed E-state index contributed by atoms with van der Waals surface area (Å²) in [6.45, 7) is 4.29. The summed E-state index contributed by atoms with van der Waals surface area (Å²) in [6.07, 6.45) is 2.13. The number of nitrogens with one attached hydrogen (secondary N) is 1. The van der Waals surface area contributed by atoms with Gasteiger partial charge in [-0.2, -0.15) is 0 Å². The van der Waals surface area contributed by atoms with E-state index in [-0.39, 0.29) is 24.3 Å². The van der Waals surface area contributed by atoms with Gasteiger partial charge in [-0.3, -0.25) is 19.3 Å². The second kappa shape index (κ2) is 10.3. The molecule has 2 amide bonds. The average molecular weight is 430 g/mol. The lowest BCUT2D eigenvalue weighted by molar-refractivity contribution is -0.154. The van der Waals surface area contributed by atoms with Gasteiger partial charge < -0.3 is 10.1 Å². The van der Waals surface area contributed by atoms with Gasteiger partial charge >= 0.3 is 5.97 Å². The lowest BCUT2D eigenvalue weighted by Gasteiger charge is -2.21. The van der Waals surface area contributed by atoms with Crippen LogP contribution in [0.4, 0.5) is 5.13 Å². The Hall–Kier alpha value is -2.74. The lowest BCUT2D eigenvalue weighted by Crippen LogP contribution is -2.38. The Morgan fingerprint density at radius 3 is 2.73 bits per heavy atom. The fraction of sp³-hybridized carbons (Fsp3) is 0.455. The van der Waals surface area contributed by atoms with Crippen LogP contribution in [0.5, 0.6) is 0 Å². The maximum atomic E-state index is 12.6. The monoisotopic (exact) mass is 429 g/mol. The maximum Gasteiger partial charge on any atom is 0.312 e. The summed E-state index contributed by atoms with van der Waals surface area (Å²) < 4.78 is 5.32. The van der Waals surface area contributed by atoms with Gasteiger partial charge in [-0.05, 0) is 25.3 Å². The van der Waals surface area contributed by atoms with Crippen LogP contribution in [-0.2, 0) is 25.5 Å². The quantitative estimate of drug-likeness (QED) is 0.617. The van der Waals surface area contributed by atoms with Crippen LogP contribution in [0, 0.1) is 0 Å². The molecular formula is C22H27N3O4S. The minimum absolute atomic E-state index is 0.0345. The van der Waals surface area contributed by atoms with Gasteiger partial charge in [0.1, 0.15) is 0 Å². The Bertz CT molecular complexity index is 884. The normalized spacial score (nSPS) is 15.7. The second-order valence-electron chi connectivity index (χ2n) is 7.34. The van der Waals surface area contributed by atoms with E-state index in [1.165, 1.54) is 11.3 Å². The molecule has 1 aliphatic rings. The molecule has 160 valence electrons. The van der Waals surface area contributed by atoms with E-state index in [0.29, 0.717) is 23.8 Å². The van der Waals surface area contributed by atoms with Crippen molar-refractivity contribution >= 4 is 34.3 Å². The molecule has 2 atom stereocenters. The number of esters is 1. The number of carbonyl (C=O) groups excluding carboxylic acids is 3. The van der Waals surface area contributed by atoms with Crippen molar-refractivity contribution in [3.05, 3.63) is 47.0 Å². The summed E-state index contributed by atoms with van der Waals surface area (Å²) in [4.78, 5) is 42.7. The average Bonchev–Trinajstić information content (AvgIpc) is 3.36. The predicted molar refractivity (Wildman–Crippen MR) is 115 cm³/mol. The highest BCUT2D eigenvalue weighted by Gasteiger charge is 2.25. The summed E-state index contributed by atoms with van der Waals surface area (Å²) in [5, 5.41) is 5.33. The first-order chi connectivity index (χ1) is 14.5. The van der Waals surface area contributed by atoms with E-state index in [0.717, 1.165) is 24.8 Å². The van der Waals surface area contributed by atoms with Crippen molar-refractivity contribution in [2.45, 2.75) is 58.1 Å². The second-order valence-corrected chi connectivity index (χ2v) is 8.18. The molecule has 1 aromatic carbocycles. The highest BCUT2D eigenvalue weighted by molar-refractivity contribution is 7.14. The van der Waals surface area contributed by atoms with Crippen molar-refractivity contribution in [1.29, 1.82) is 0 Å². The number of carbonyl (C=O) groups is 3. The molecule has 0 spiro atoms. The minimum atomic E-state index is -0.904. The molecule has 2 unspecified atom stereocenters. The van der Waals surface area contributed by atoms with Crippen LogP contribution in [0.25, 0.3) is 0 Å². The van der Waals surface area contributed by atoms with Crippen LogP contribution < -0.4 is 10.2 Å². The molecular weight excluding hydrogens is 402 g/mol. The Morgan fingerprint density at radius 2 is 2.07 bits per heavy atom. The zero-order valence-corrected chi connectivity index (χ0v) is 18.1. The van der Waals surface area contributed by atoms with Gasteiger partial charge in [0.15, 0.2) is 11.2 Å². The van der Waals surface area contributed by atoms with Gasteiger partial charge in [-0.15, -0.1) is 11.3 Å². The van der Waals surface area contributed by atoms with Crippen molar-refractivity contribution in [2.75, 3.05) is 11.4 Å². The summed E-state index contributed by atoms with van der Waals surface area (Å²) in [7, 11) is 0. The van der Waals surface area contributed by atoms with Crippen molar-refractivity contribution in [3.63, 3.8) is 0 Å². The number of hydrogen-bond acceptors (Lipinski definition) is 6. The highest BCUT2D eigenvalue weighted by atomic mass is 32.1. The molecule has 1 aliphatic heterocycles. The Morgan fingerprint density at radius 1 is 1.30 bits per heavy atom. The Kier molecular flexibility index (Phi) is 7.57. The fourth-order valence-electron chi connectivity index (χ4n) is 3.38. The number of anilines is 1. The van der Waals surface area contributed by atoms with Crippen LogP contribution in [0.2, 0.25) is 0 Å². The molecule has 0 aliphatic carbocycles. The zero-order valence-electron chi connectivity index (χ0n) is 17.3. The number of rotatable bonds is 9. The van der Waals surface area contributed by atoms with Crippen LogP contribution in [0.15, 0.2) is 35.7 Å². The Labute approximate surface area is 180 Å². The molecule has 1 fully saturated rings. The van der Waals surface area contributed by atoms with Gasteiger partial charge in [0.25, 0.3) is 5.91 Å². The predicted octanol–water partition coefficient (Wildman–Crippen LogP) is 3.40. The van der Waals surface area contributed by atoms with E-state index in [1.54, 1.807) is 17.2 Å². The van der Waals surface area contributed by atoms with E-state index in [4.69, 9.17) is 4.74 Å². The van der Waals surface area contributed by atoms with Gasteiger partial charge in [0, 0.05) is 18.3 Å². The standard InChI is InChI=1S/C22H27N3O4S/c1-3-8-18(16-9-5-4-6-10-16)24-21(28)15(2)29-20(27)13-17-14-30-22(23-17)25-12-7-11-19(25)26/h4-6,9-10,14-15,18H,3,7-8,11-13H2,1-2H3,(H,24,28). The number of ether oxygens (including phenoxy) is 1. The largest absolute Gasteiger partial charge is 0.452 e. The lowest BCUT2D eigenvalue weighted by atomic mass is 10.0. The van der Waals surface area contributed by atoms with E-state index in [2.05, 4.69) is 17.2 Å². The molecule has 30 heavy (non-hydrogen) atoms. The number of benzene rings is 1. The number of hydrogen-bond donors (Lipinski definition) is 1. The summed E-state index contributed by atoms with van der Waals surface area (Å²) >= 11 is 1.34. The van der Waals surface area contributed by atoms with Gasteiger partial charge in [-0.1, -0.05) is 43.7 Å². The minimum Gasteiger partial charge on any atom is -0.452 e. The molecule has 0 bridgehead atoms. The number of nitrogens with zero attached hydrogens (tertiary/aromatic N) is 2. The topological polar surface area (TPSA) is 88.6 Å². The summed E-state index contributed by atoms with van der Waals surface area (Å²) in [5.41, 5.74) is 1.57. The van der Waals surface area contributed by atoms with Crippen LogP contribution in [0.3, 0.4) is 0 Å². The van der Waals surface area contributed by atoms with Crippen molar-refractivity contribution in [2.24, 2.45) is 0 Å². The molecule has 1 saturated heterocycles. The van der Waals surface area contributed by atoms with Gasteiger partial charge in [0.05, 0.1) is 18.2 Å². The maximum absolute atomic E-state index is 12.6. The molecule has 0 radical (unpaired) electrons. The van der Waals surface area contributed by atoms with E-state index in [9.17, 15) is 14.4 Å². The highest BCUT2D eigenvalue weighted by Crippen LogP contribution is 2.25. The third-order valence-corrected chi connectivity index (χ3v) is 5.86. The van der Waals surface area contributed by atoms with E-state index < -0.39 is 12.1 Å². The van der Waals surface area contributed by atoms with E-state index >= 15 is 0 Å². The van der Waals surface area contributed by atoms with Crippen LogP contribution >= 0.6 is 11.3 Å². The summed E-state index contributed by atoms with van der Waals surface area (Å²) in [5.74, 6) is -0.787. The third kappa shape index (κ3) is 5.66. The van der Waals surface area contributed by atoms with Crippen molar-refractivity contribution in [3.8, 4) is 0 Å². The van der Waals surface area contributed by atoms with Crippen molar-refractivity contribution in [1.82, 2.24) is 10.3 Å². The number of amides is 2. The molecule has 2 heterocycles. The molecule has 1 aromatic heterocycles. The Balaban J connectivity index is 1.52. The molecule has 1 N–H and O–H groups in total. The summed E-state index contributed by atoms with van der Waals surface area (Å²) in [6, 6.07) is 9.63. The van der Waals surface area contributed by atoms with E-state index in [1.807, 2.05) is 30.3 Å². The number of aromatic nitrogens is 1. The molecule has 7 nitrogen and oxygen atoms in total. The fourth-order valence-corrected chi connectivity index (χ4v) is 4.25. The zero-order chi connectivity index (χ0) is 21.5. The van der Waals surface area contributed by atoms with Crippen LogP contribution in [-0.4, -0.2) is 35.4 Å². The van der Waals surface area contributed by atoms with Gasteiger partial charge in [-0.25, -0.2) is 4.98 Å².